The first-order valence-electron chi connectivity index (χ1n) is 7.98. The number of aromatic nitrogens is 1. The molecule has 0 spiro atoms. The summed E-state index contributed by atoms with van der Waals surface area (Å²) in [6.45, 7) is 0. The van der Waals surface area contributed by atoms with Crippen LogP contribution in [0.3, 0.4) is 0 Å². The summed E-state index contributed by atoms with van der Waals surface area (Å²) >= 11 is 0. The Kier molecular flexibility index (Phi) is 4.39. The van der Waals surface area contributed by atoms with Gasteiger partial charge in [-0.1, -0.05) is 49.6 Å². The van der Waals surface area contributed by atoms with E-state index < -0.39 is 0 Å². The number of H-pyrrole nitrogens is 1. The third kappa shape index (κ3) is 2.96. The fourth-order valence-electron chi connectivity index (χ4n) is 3.59. The van der Waals surface area contributed by atoms with Crippen molar-refractivity contribution in [3.05, 3.63) is 69.6 Å². The number of benzene rings is 1. The van der Waals surface area contributed by atoms with Gasteiger partial charge in [0.25, 0.3) is 5.56 Å². The summed E-state index contributed by atoms with van der Waals surface area (Å²) < 4.78 is 0. The summed E-state index contributed by atoms with van der Waals surface area (Å²) in [5, 5.41) is 8.94. The number of aromatic amines is 1. The molecule has 1 aromatic heterocycles. The van der Waals surface area contributed by atoms with Crippen molar-refractivity contribution in [2.45, 2.75) is 38.0 Å². The SMILES string of the molecule is N#Cc1ccc(C(c2ccccc2)C2CCCCC2)[nH]c1=O. The summed E-state index contributed by atoms with van der Waals surface area (Å²) in [5.41, 5.74) is 2.08. The zero-order valence-electron chi connectivity index (χ0n) is 12.6. The number of pyridine rings is 1. The largest absolute Gasteiger partial charge is 0.324 e. The smallest absolute Gasteiger partial charge is 0.266 e. The van der Waals surface area contributed by atoms with E-state index in [1.165, 1.54) is 37.7 Å². The molecule has 0 saturated heterocycles. The van der Waals surface area contributed by atoms with Crippen molar-refractivity contribution in [3.63, 3.8) is 0 Å². The zero-order chi connectivity index (χ0) is 15.4. The number of nitrogens with zero attached hydrogens (tertiary/aromatic N) is 1. The Morgan fingerprint density at radius 2 is 1.77 bits per heavy atom. The van der Waals surface area contributed by atoms with Crippen molar-refractivity contribution in [1.29, 1.82) is 5.26 Å². The molecule has 3 heteroatoms. The zero-order valence-corrected chi connectivity index (χ0v) is 12.6. The fourth-order valence-corrected chi connectivity index (χ4v) is 3.59. The molecule has 112 valence electrons. The van der Waals surface area contributed by atoms with E-state index in [9.17, 15) is 4.79 Å². The second-order valence-electron chi connectivity index (χ2n) is 6.05. The van der Waals surface area contributed by atoms with Gasteiger partial charge in [0, 0.05) is 11.6 Å². The molecule has 1 saturated carbocycles. The maximum atomic E-state index is 12.0. The lowest BCUT2D eigenvalue weighted by Crippen LogP contribution is -2.22. The lowest BCUT2D eigenvalue weighted by atomic mass is 9.75. The predicted octanol–water partition coefficient (Wildman–Crippen LogP) is 3.96. The Morgan fingerprint density at radius 3 is 2.41 bits per heavy atom. The molecule has 22 heavy (non-hydrogen) atoms. The highest BCUT2D eigenvalue weighted by molar-refractivity contribution is 5.33. The molecule has 1 heterocycles. The molecule has 3 nitrogen and oxygen atoms in total. The Labute approximate surface area is 130 Å². The van der Waals surface area contributed by atoms with Gasteiger partial charge in [-0.15, -0.1) is 0 Å². The first-order chi connectivity index (χ1) is 10.8. The van der Waals surface area contributed by atoms with Crippen LogP contribution in [0.25, 0.3) is 0 Å². The van der Waals surface area contributed by atoms with E-state index in [0.29, 0.717) is 5.92 Å². The molecule has 1 fully saturated rings. The first kappa shape index (κ1) is 14.6. The van der Waals surface area contributed by atoms with Crippen LogP contribution in [0, 0.1) is 17.2 Å². The van der Waals surface area contributed by atoms with Gasteiger partial charge in [-0.25, -0.2) is 0 Å². The highest BCUT2D eigenvalue weighted by Crippen LogP contribution is 2.39. The van der Waals surface area contributed by atoms with Gasteiger partial charge in [0.2, 0.25) is 0 Å². The van der Waals surface area contributed by atoms with E-state index in [2.05, 4.69) is 17.1 Å². The highest BCUT2D eigenvalue weighted by Gasteiger charge is 2.27. The topological polar surface area (TPSA) is 56.6 Å². The van der Waals surface area contributed by atoms with E-state index >= 15 is 0 Å². The summed E-state index contributed by atoms with van der Waals surface area (Å²) in [7, 11) is 0. The lowest BCUT2D eigenvalue weighted by Gasteiger charge is -2.30. The van der Waals surface area contributed by atoms with Crippen LogP contribution in [0.4, 0.5) is 0 Å². The van der Waals surface area contributed by atoms with E-state index in [-0.39, 0.29) is 17.0 Å². The van der Waals surface area contributed by atoms with Crippen LogP contribution in [-0.4, -0.2) is 4.98 Å². The molecule has 1 aliphatic carbocycles. The molecule has 1 N–H and O–H groups in total. The van der Waals surface area contributed by atoms with Crippen LogP contribution in [0.1, 0.15) is 54.8 Å². The van der Waals surface area contributed by atoms with Crippen LogP contribution in [-0.2, 0) is 0 Å². The van der Waals surface area contributed by atoms with Gasteiger partial charge in [-0.2, -0.15) is 5.26 Å². The maximum Gasteiger partial charge on any atom is 0.266 e. The monoisotopic (exact) mass is 292 g/mol. The molecule has 0 amide bonds. The molecule has 2 aromatic rings. The number of hydrogen-bond acceptors (Lipinski definition) is 2. The maximum absolute atomic E-state index is 12.0. The molecule has 1 atom stereocenters. The molecular formula is C19H20N2O. The molecular weight excluding hydrogens is 272 g/mol. The van der Waals surface area contributed by atoms with Crippen molar-refractivity contribution in [1.82, 2.24) is 4.98 Å². The van der Waals surface area contributed by atoms with E-state index in [4.69, 9.17) is 5.26 Å². The fraction of sp³-hybridized carbons (Fsp3) is 0.368. The Morgan fingerprint density at radius 1 is 1.05 bits per heavy atom. The predicted molar refractivity (Wildman–Crippen MR) is 86.6 cm³/mol. The van der Waals surface area contributed by atoms with Gasteiger partial charge >= 0.3 is 0 Å². The summed E-state index contributed by atoms with van der Waals surface area (Å²) in [5.74, 6) is 0.765. The normalized spacial score (nSPS) is 16.9. The third-order valence-electron chi connectivity index (χ3n) is 4.67. The summed E-state index contributed by atoms with van der Waals surface area (Å²) in [6, 6.07) is 15.9. The second kappa shape index (κ2) is 6.62. The van der Waals surface area contributed by atoms with Gasteiger partial charge in [-0.05, 0) is 36.5 Å². The third-order valence-corrected chi connectivity index (χ3v) is 4.67. The Bertz CT molecular complexity index is 721. The molecule has 0 radical (unpaired) electrons. The Hall–Kier alpha value is -2.34. The van der Waals surface area contributed by atoms with Crippen LogP contribution >= 0.6 is 0 Å². The second-order valence-corrected chi connectivity index (χ2v) is 6.05. The molecule has 0 aliphatic heterocycles. The van der Waals surface area contributed by atoms with Crippen molar-refractivity contribution >= 4 is 0 Å². The average Bonchev–Trinajstić information content (AvgIpc) is 2.57. The Balaban J connectivity index is 2.03. The average molecular weight is 292 g/mol. The quantitative estimate of drug-likeness (QED) is 0.931. The standard InChI is InChI=1S/C19H20N2O/c20-13-16-11-12-17(21-19(16)22)18(14-7-3-1-4-8-14)15-9-5-2-6-10-15/h1,3-4,7-8,11-12,15,18H,2,5-6,9-10H2,(H,21,22). The van der Waals surface area contributed by atoms with E-state index in [1.54, 1.807) is 6.07 Å². The number of nitriles is 1. The van der Waals surface area contributed by atoms with Crippen molar-refractivity contribution in [3.8, 4) is 6.07 Å². The van der Waals surface area contributed by atoms with Crippen LogP contribution < -0.4 is 5.56 Å². The minimum Gasteiger partial charge on any atom is -0.324 e. The van der Waals surface area contributed by atoms with Gasteiger partial charge in [-0.3, -0.25) is 4.79 Å². The van der Waals surface area contributed by atoms with Gasteiger partial charge in [0.15, 0.2) is 0 Å². The molecule has 1 unspecified atom stereocenters. The van der Waals surface area contributed by atoms with Crippen molar-refractivity contribution < 1.29 is 0 Å². The van der Waals surface area contributed by atoms with Gasteiger partial charge < -0.3 is 4.98 Å². The van der Waals surface area contributed by atoms with Crippen molar-refractivity contribution in [2.24, 2.45) is 5.92 Å². The molecule has 1 aromatic carbocycles. The minimum atomic E-state index is -0.281. The van der Waals surface area contributed by atoms with Crippen LogP contribution in [0.15, 0.2) is 47.3 Å². The lowest BCUT2D eigenvalue weighted by molar-refractivity contribution is 0.324. The molecule has 3 rings (SSSR count). The van der Waals surface area contributed by atoms with E-state index in [0.717, 1.165) is 5.69 Å². The molecule has 0 bridgehead atoms. The number of nitrogens with one attached hydrogen (secondary N) is 1. The summed E-state index contributed by atoms with van der Waals surface area (Å²) in [6.07, 6.45) is 6.22. The molecule has 1 aliphatic rings. The van der Waals surface area contributed by atoms with Gasteiger partial charge in [0.1, 0.15) is 11.6 Å². The first-order valence-corrected chi connectivity index (χ1v) is 7.98. The van der Waals surface area contributed by atoms with Gasteiger partial charge in [0.05, 0.1) is 0 Å². The number of rotatable bonds is 3. The van der Waals surface area contributed by atoms with Crippen molar-refractivity contribution in [2.75, 3.05) is 0 Å². The van der Waals surface area contributed by atoms with Crippen LogP contribution in [0.5, 0.6) is 0 Å². The number of hydrogen-bond donors (Lipinski definition) is 1. The highest BCUT2D eigenvalue weighted by atomic mass is 16.1. The summed E-state index contributed by atoms with van der Waals surface area (Å²) in [4.78, 5) is 15.0. The van der Waals surface area contributed by atoms with Crippen LogP contribution in [0.2, 0.25) is 0 Å². The minimum absolute atomic E-state index is 0.180. The van der Waals surface area contributed by atoms with E-state index in [1.807, 2.05) is 30.3 Å².